The maximum Gasteiger partial charge on any atom is 0.417 e. The fourth-order valence-corrected chi connectivity index (χ4v) is 4.01. The Balaban J connectivity index is 2.49. The number of nitrogens with one attached hydrogen (secondary N) is 1. The summed E-state index contributed by atoms with van der Waals surface area (Å²) in [5.41, 5.74) is -1.00. The van der Waals surface area contributed by atoms with Crippen molar-refractivity contribution in [2.45, 2.75) is 22.9 Å². The van der Waals surface area contributed by atoms with Gasteiger partial charge in [0.1, 0.15) is 0 Å². The molecule has 136 valence electrons. The van der Waals surface area contributed by atoms with Crippen molar-refractivity contribution in [3.8, 4) is 0 Å². The average Bonchev–Trinajstić information content (AvgIpc) is 2.45. The van der Waals surface area contributed by atoms with E-state index in [2.05, 4.69) is 0 Å². The summed E-state index contributed by atoms with van der Waals surface area (Å²) >= 11 is 0. The van der Waals surface area contributed by atoms with E-state index in [4.69, 9.17) is 0 Å². The largest absolute Gasteiger partial charge is 0.417 e. The molecule has 2 aromatic rings. The number of aryl methyl sites for hydroxylation is 1. The Labute approximate surface area is 143 Å². The summed E-state index contributed by atoms with van der Waals surface area (Å²) in [5, 5.41) is 0. The zero-order valence-electron chi connectivity index (χ0n) is 13.1. The summed E-state index contributed by atoms with van der Waals surface area (Å²) in [6, 6.07) is 7.87. The van der Waals surface area contributed by atoms with E-state index < -0.39 is 36.5 Å². The molecule has 0 amide bonds. The first kappa shape index (κ1) is 19.3. The minimum Gasteiger partial charge on any atom is -0.280 e. The van der Waals surface area contributed by atoms with Crippen molar-refractivity contribution in [1.82, 2.24) is 0 Å². The van der Waals surface area contributed by atoms with Crippen LogP contribution in [0.25, 0.3) is 0 Å². The van der Waals surface area contributed by atoms with E-state index in [1.54, 1.807) is 19.1 Å². The van der Waals surface area contributed by atoms with Crippen LogP contribution in [0.2, 0.25) is 0 Å². The zero-order chi connectivity index (χ0) is 19.0. The van der Waals surface area contributed by atoms with Crippen LogP contribution in [0.1, 0.15) is 11.1 Å². The Morgan fingerprint density at radius 1 is 0.920 bits per heavy atom. The van der Waals surface area contributed by atoms with Crippen molar-refractivity contribution < 1.29 is 30.0 Å². The molecule has 1 N–H and O–H groups in total. The van der Waals surface area contributed by atoms with Crippen LogP contribution >= 0.6 is 0 Å². The van der Waals surface area contributed by atoms with Gasteiger partial charge in [0.25, 0.3) is 10.0 Å². The monoisotopic (exact) mass is 393 g/mol. The molecule has 0 aliphatic rings. The Bertz CT molecular complexity index is 996. The van der Waals surface area contributed by atoms with Crippen LogP contribution in [0.15, 0.2) is 52.3 Å². The number of halogens is 3. The van der Waals surface area contributed by atoms with Crippen LogP contribution in [0.5, 0.6) is 0 Å². The van der Waals surface area contributed by atoms with E-state index in [1.165, 1.54) is 12.1 Å². The van der Waals surface area contributed by atoms with Gasteiger partial charge in [0.15, 0.2) is 9.84 Å². The van der Waals surface area contributed by atoms with Crippen LogP contribution in [-0.2, 0) is 26.0 Å². The molecule has 0 radical (unpaired) electrons. The number of hydrogen-bond acceptors (Lipinski definition) is 4. The molecule has 0 aliphatic carbocycles. The van der Waals surface area contributed by atoms with Gasteiger partial charge in [-0.15, -0.1) is 0 Å². The van der Waals surface area contributed by atoms with Gasteiger partial charge in [0.2, 0.25) is 0 Å². The second kappa shape index (κ2) is 6.34. The lowest BCUT2D eigenvalue weighted by Gasteiger charge is -2.14. The van der Waals surface area contributed by atoms with Crippen LogP contribution in [0.3, 0.4) is 0 Å². The van der Waals surface area contributed by atoms with Gasteiger partial charge in [-0.25, -0.2) is 16.8 Å². The highest BCUT2D eigenvalue weighted by Crippen LogP contribution is 2.36. The van der Waals surface area contributed by atoms with Gasteiger partial charge in [-0.2, -0.15) is 13.2 Å². The fraction of sp³-hybridized carbons (Fsp3) is 0.200. The third-order valence-electron chi connectivity index (χ3n) is 3.27. The van der Waals surface area contributed by atoms with Gasteiger partial charge in [-0.3, -0.25) is 4.72 Å². The Morgan fingerprint density at radius 2 is 1.48 bits per heavy atom. The molecule has 2 aromatic carbocycles. The smallest absolute Gasteiger partial charge is 0.280 e. The second-order valence-electron chi connectivity index (χ2n) is 5.40. The van der Waals surface area contributed by atoms with Gasteiger partial charge in [0, 0.05) is 11.9 Å². The van der Waals surface area contributed by atoms with E-state index in [1.807, 2.05) is 4.72 Å². The van der Waals surface area contributed by atoms with Crippen molar-refractivity contribution in [3.63, 3.8) is 0 Å². The second-order valence-corrected chi connectivity index (χ2v) is 9.07. The van der Waals surface area contributed by atoms with Crippen LogP contribution in [0, 0.1) is 6.92 Å². The summed E-state index contributed by atoms with van der Waals surface area (Å²) in [4.78, 5) is -1.04. The molecule has 5 nitrogen and oxygen atoms in total. The number of benzene rings is 2. The number of anilines is 1. The molecule has 0 heterocycles. The Kier molecular flexibility index (Phi) is 4.88. The topological polar surface area (TPSA) is 80.3 Å². The van der Waals surface area contributed by atoms with E-state index in [0.29, 0.717) is 12.3 Å². The predicted molar refractivity (Wildman–Crippen MR) is 86.5 cm³/mol. The van der Waals surface area contributed by atoms with Crippen LogP contribution in [0.4, 0.5) is 18.9 Å². The normalized spacial score (nSPS) is 12.8. The van der Waals surface area contributed by atoms with Gasteiger partial charge in [0.05, 0.1) is 15.4 Å². The first-order valence-corrected chi connectivity index (χ1v) is 10.2. The summed E-state index contributed by atoms with van der Waals surface area (Å²) in [5.74, 6) is 0. The summed E-state index contributed by atoms with van der Waals surface area (Å²) in [6.45, 7) is 1.75. The van der Waals surface area contributed by atoms with E-state index >= 15 is 0 Å². The Morgan fingerprint density at radius 3 is 1.96 bits per heavy atom. The quantitative estimate of drug-likeness (QED) is 0.865. The van der Waals surface area contributed by atoms with Crippen LogP contribution < -0.4 is 4.72 Å². The van der Waals surface area contributed by atoms with Crippen molar-refractivity contribution in [2.75, 3.05) is 11.0 Å². The molecular formula is C15H14F3NO4S2. The maximum atomic E-state index is 13.1. The minimum absolute atomic E-state index is 0.126. The highest BCUT2D eigenvalue weighted by molar-refractivity contribution is 7.92. The summed E-state index contributed by atoms with van der Waals surface area (Å²) in [7, 11) is -8.24. The van der Waals surface area contributed by atoms with E-state index in [0.717, 1.165) is 17.7 Å². The first-order chi connectivity index (χ1) is 11.3. The average molecular weight is 393 g/mol. The van der Waals surface area contributed by atoms with Crippen molar-refractivity contribution in [2.24, 2.45) is 0 Å². The molecule has 0 fully saturated rings. The predicted octanol–water partition coefficient (Wildman–Crippen LogP) is 3.22. The van der Waals surface area contributed by atoms with Crippen LogP contribution in [-0.4, -0.2) is 23.1 Å². The lowest BCUT2D eigenvalue weighted by molar-refractivity contribution is -0.139. The molecule has 0 aliphatic heterocycles. The van der Waals surface area contributed by atoms with Gasteiger partial charge >= 0.3 is 6.18 Å². The number of alkyl halides is 3. The van der Waals surface area contributed by atoms with E-state index in [-0.39, 0.29) is 10.6 Å². The summed E-state index contributed by atoms with van der Waals surface area (Å²) in [6.07, 6.45) is -4.31. The fourth-order valence-electron chi connectivity index (χ4n) is 2.07. The molecule has 2 rings (SSSR count). The molecule has 0 spiro atoms. The molecule has 10 heteroatoms. The van der Waals surface area contributed by atoms with E-state index in [9.17, 15) is 30.0 Å². The molecule has 0 saturated carbocycles. The number of rotatable bonds is 4. The molecule has 0 saturated heterocycles. The SMILES string of the molecule is Cc1ccc(S(=O)(=O)Nc2ccc(S(C)(=O)=O)c(C(F)(F)F)c2)cc1. The van der Waals surface area contributed by atoms with Crippen molar-refractivity contribution in [1.29, 1.82) is 0 Å². The Hall–Kier alpha value is -2.07. The highest BCUT2D eigenvalue weighted by atomic mass is 32.2. The van der Waals surface area contributed by atoms with Gasteiger partial charge in [-0.05, 0) is 37.3 Å². The number of hydrogen-bond donors (Lipinski definition) is 1. The van der Waals surface area contributed by atoms with Crippen molar-refractivity contribution in [3.05, 3.63) is 53.6 Å². The van der Waals surface area contributed by atoms with Gasteiger partial charge in [-0.1, -0.05) is 17.7 Å². The van der Waals surface area contributed by atoms with Crippen molar-refractivity contribution >= 4 is 25.5 Å². The molecule has 0 unspecified atom stereocenters. The third kappa shape index (κ3) is 4.51. The lowest BCUT2D eigenvalue weighted by atomic mass is 10.2. The van der Waals surface area contributed by atoms with Gasteiger partial charge < -0.3 is 0 Å². The number of sulfone groups is 1. The number of sulfonamides is 1. The first-order valence-electron chi connectivity index (χ1n) is 6.81. The molecular weight excluding hydrogens is 379 g/mol. The molecule has 0 aromatic heterocycles. The molecule has 0 bridgehead atoms. The standard InChI is InChI=1S/C15H14F3NO4S2/c1-10-3-6-12(7-4-10)25(22,23)19-11-5-8-14(24(2,20)21)13(9-11)15(16,17)18/h3-9,19H,1-2H3. The zero-order valence-corrected chi connectivity index (χ0v) is 14.8. The summed E-state index contributed by atoms with van der Waals surface area (Å²) < 4.78 is 88.9. The molecule has 0 atom stereocenters. The lowest BCUT2D eigenvalue weighted by Crippen LogP contribution is -2.16. The molecule has 25 heavy (non-hydrogen) atoms. The third-order valence-corrected chi connectivity index (χ3v) is 5.82. The minimum atomic E-state index is -4.95. The maximum absolute atomic E-state index is 13.1. The highest BCUT2D eigenvalue weighted by Gasteiger charge is 2.36.